The van der Waals surface area contributed by atoms with Crippen molar-refractivity contribution in [1.82, 2.24) is 4.90 Å². The van der Waals surface area contributed by atoms with E-state index in [9.17, 15) is 14.4 Å². The minimum absolute atomic E-state index is 0.184. The van der Waals surface area contributed by atoms with Crippen molar-refractivity contribution in [2.75, 3.05) is 17.2 Å². The molecule has 0 unspecified atom stereocenters. The molecule has 7 heteroatoms. The van der Waals surface area contributed by atoms with Gasteiger partial charge in [0, 0.05) is 16.7 Å². The molecule has 0 spiro atoms. The summed E-state index contributed by atoms with van der Waals surface area (Å²) in [7, 11) is 0. The number of aryl methyl sites for hydroxylation is 1. The van der Waals surface area contributed by atoms with E-state index in [0.717, 1.165) is 10.0 Å². The second kappa shape index (κ2) is 7.52. The highest BCUT2D eigenvalue weighted by Crippen LogP contribution is 2.27. The summed E-state index contributed by atoms with van der Waals surface area (Å²) < 4.78 is 0.775. The van der Waals surface area contributed by atoms with Crippen LogP contribution in [-0.4, -0.2) is 29.3 Å². The lowest BCUT2D eigenvalue weighted by molar-refractivity contribution is 0.0636. The van der Waals surface area contributed by atoms with Crippen molar-refractivity contribution in [3.63, 3.8) is 0 Å². The Labute approximate surface area is 166 Å². The van der Waals surface area contributed by atoms with E-state index in [0.29, 0.717) is 29.0 Å². The first kappa shape index (κ1) is 19.1. The van der Waals surface area contributed by atoms with E-state index in [1.165, 1.54) is 4.90 Å². The van der Waals surface area contributed by atoms with Crippen molar-refractivity contribution in [1.29, 1.82) is 0 Å². The maximum absolute atomic E-state index is 12.5. The molecular formula is C20H20BrN3O3. The Bertz CT molecular complexity index is 940. The predicted molar refractivity (Wildman–Crippen MR) is 108 cm³/mol. The first-order valence-electron chi connectivity index (χ1n) is 8.60. The number of carbonyl (C=O) groups excluding carboxylic acids is 3. The quantitative estimate of drug-likeness (QED) is 0.693. The normalized spacial score (nSPS) is 13.1. The molecule has 2 N–H and O–H groups in total. The molecule has 0 aliphatic carbocycles. The fraction of sp³-hybridized carbons (Fsp3) is 0.250. The molecule has 0 saturated heterocycles. The third-order valence-electron chi connectivity index (χ3n) is 4.15. The second-order valence-corrected chi connectivity index (χ2v) is 7.79. The average Bonchev–Trinajstić information content (AvgIpc) is 2.82. The van der Waals surface area contributed by atoms with Crippen LogP contribution in [0.15, 0.2) is 40.9 Å². The lowest BCUT2D eigenvalue weighted by Crippen LogP contribution is -2.33. The number of anilines is 2. The van der Waals surface area contributed by atoms with Crippen molar-refractivity contribution in [3.05, 3.63) is 57.6 Å². The minimum atomic E-state index is -0.435. The molecule has 0 radical (unpaired) electrons. The van der Waals surface area contributed by atoms with Crippen LogP contribution in [0.5, 0.6) is 0 Å². The van der Waals surface area contributed by atoms with Crippen molar-refractivity contribution in [3.8, 4) is 0 Å². The van der Waals surface area contributed by atoms with E-state index in [1.54, 1.807) is 24.3 Å². The molecule has 27 heavy (non-hydrogen) atoms. The van der Waals surface area contributed by atoms with Crippen LogP contribution in [0.4, 0.5) is 16.2 Å². The third kappa shape index (κ3) is 4.03. The maximum atomic E-state index is 12.5. The van der Waals surface area contributed by atoms with Crippen LogP contribution in [0.2, 0.25) is 0 Å². The van der Waals surface area contributed by atoms with Gasteiger partial charge in [-0.05, 0) is 64.7 Å². The maximum Gasteiger partial charge on any atom is 0.323 e. The van der Waals surface area contributed by atoms with Gasteiger partial charge in [0.2, 0.25) is 0 Å². The number of urea groups is 1. The lowest BCUT2D eigenvalue weighted by Gasteiger charge is -2.15. The van der Waals surface area contributed by atoms with E-state index in [1.807, 2.05) is 32.9 Å². The molecule has 6 nitrogen and oxygen atoms in total. The zero-order chi connectivity index (χ0) is 19.7. The Kier molecular flexibility index (Phi) is 5.32. The number of nitrogens with zero attached hydrogens (tertiary/aromatic N) is 1. The van der Waals surface area contributed by atoms with Crippen molar-refractivity contribution in [2.24, 2.45) is 5.92 Å². The van der Waals surface area contributed by atoms with Crippen LogP contribution in [0.3, 0.4) is 0 Å². The molecule has 0 bridgehead atoms. The van der Waals surface area contributed by atoms with Gasteiger partial charge in [-0.1, -0.05) is 19.9 Å². The largest absolute Gasteiger partial charge is 0.323 e. The third-order valence-corrected chi connectivity index (χ3v) is 4.81. The van der Waals surface area contributed by atoms with Crippen molar-refractivity contribution in [2.45, 2.75) is 20.8 Å². The number of hydrogen-bond acceptors (Lipinski definition) is 3. The Hall–Kier alpha value is -2.67. The molecule has 1 heterocycles. The highest BCUT2D eigenvalue weighted by atomic mass is 79.9. The number of hydrogen-bond donors (Lipinski definition) is 2. The Balaban J connectivity index is 1.75. The highest BCUT2D eigenvalue weighted by molar-refractivity contribution is 9.10. The van der Waals surface area contributed by atoms with Crippen LogP contribution in [0.25, 0.3) is 0 Å². The summed E-state index contributed by atoms with van der Waals surface area (Å²) in [6, 6.07) is 9.89. The van der Waals surface area contributed by atoms with Crippen LogP contribution in [0, 0.1) is 12.8 Å². The van der Waals surface area contributed by atoms with E-state index in [2.05, 4.69) is 26.6 Å². The molecule has 140 valence electrons. The van der Waals surface area contributed by atoms with Crippen LogP contribution < -0.4 is 10.6 Å². The van der Waals surface area contributed by atoms with Crippen LogP contribution in [-0.2, 0) is 0 Å². The minimum Gasteiger partial charge on any atom is -0.308 e. The Morgan fingerprint density at radius 3 is 2.41 bits per heavy atom. The molecule has 2 aromatic rings. The molecule has 4 amide bonds. The average molecular weight is 430 g/mol. The smallest absolute Gasteiger partial charge is 0.308 e. The fourth-order valence-electron chi connectivity index (χ4n) is 2.91. The summed E-state index contributed by atoms with van der Waals surface area (Å²) in [4.78, 5) is 38.4. The lowest BCUT2D eigenvalue weighted by atomic mass is 10.1. The topological polar surface area (TPSA) is 78.5 Å². The Morgan fingerprint density at radius 2 is 1.74 bits per heavy atom. The van der Waals surface area contributed by atoms with Gasteiger partial charge >= 0.3 is 6.03 Å². The van der Waals surface area contributed by atoms with E-state index in [4.69, 9.17) is 0 Å². The summed E-state index contributed by atoms with van der Waals surface area (Å²) in [6.45, 7) is 6.23. The second-order valence-electron chi connectivity index (χ2n) is 6.94. The zero-order valence-corrected chi connectivity index (χ0v) is 16.9. The van der Waals surface area contributed by atoms with Crippen molar-refractivity contribution >= 4 is 45.2 Å². The number of benzene rings is 2. The number of amides is 4. The van der Waals surface area contributed by atoms with Gasteiger partial charge in [-0.15, -0.1) is 0 Å². The standard InChI is InChI=1S/C20H20BrN3O3/c1-11(2)10-24-18(25)14-6-5-13(9-15(14)19(24)26)22-20(27)23-17-7-4-12(3)8-16(17)21/h4-9,11H,10H2,1-3H3,(H2,22,23,27). The number of imide groups is 1. The first-order valence-corrected chi connectivity index (χ1v) is 9.40. The number of rotatable bonds is 4. The fourth-order valence-corrected chi connectivity index (χ4v) is 3.50. The van der Waals surface area contributed by atoms with Gasteiger partial charge in [0.05, 0.1) is 16.8 Å². The molecule has 1 aliphatic heterocycles. The van der Waals surface area contributed by atoms with Gasteiger partial charge in [0.25, 0.3) is 11.8 Å². The molecule has 0 fully saturated rings. The van der Waals surface area contributed by atoms with Gasteiger partial charge in [-0.3, -0.25) is 14.5 Å². The summed E-state index contributed by atoms with van der Waals surface area (Å²) >= 11 is 3.41. The van der Waals surface area contributed by atoms with Crippen LogP contribution in [0.1, 0.15) is 40.1 Å². The predicted octanol–water partition coefficient (Wildman–Crippen LogP) is 4.65. The van der Waals surface area contributed by atoms with Gasteiger partial charge in [0.1, 0.15) is 0 Å². The zero-order valence-electron chi connectivity index (χ0n) is 15.3. The monoisotopic (exact) mass is 429 g/mol. The SMILES string of the molecule is Cc1ccc(NC(=O)Nc2ccc3c(c2)C(=O)N(CC(C)C)C3=O)c(Br)c1. The van der Waals surface area contributed by atoms with Gasteiger partial charge in [-0.25, -0.2) is 4.79 Å². The van der Waals surface area contributed by atoms with Crippen LogP contribution >= 0.6 is 15.9 Å². The molecule has 0 aromatic heterocycles. The summed E-state index contributed by atoms with van der Waals surface area (Å²) in [5, 5.41) is 5.45. The number of fused-ring (bicyclic) bond motifs is 1. The van der Waals surface area contributed by atoms with E-state index >= 15 is 0 Å². The molecule has 1 aliphatic rings. The van der Waals surface area contributed by atoms with Gasteiger partial charge in [0.15, 0.2) is 0 Å². The number of halogens is 1. The molecule has 3 rings (SSSR count). The molecule has 0 atom stereocenters. The summed E-state index contributed by atoms with van der Waals surface area (Å²) in [6.07, 6.45) is 0. The number of carbonyl (C=O) groups is 3. The number of nitrogens with one attached hydrogen (secondary N) is 2. The first-order chi connectivity index (χ1) is 12.8. The van der Waals surface area contributed by atoms with E-state index in [-0.39, 0.29) is 17.7 Å². The van der Waals surface area contributed by atoms with Crippen molar-refractivity contribution < 1.29 is 14.4 Å². The molecule has 2 aromatic carbocycles. The summed E-state index contributed by atoms with van der Waals surface area (Å²) in [5.41, 5.74) is 2.83. The summed E-state index contributed by atoms with van der Waals surface area (Å²) in [5.74, 6) is -0.430. The Morgan fingerprint density at radius 1 is 1.04 bits per heavy atom. The van der Waals surface area contributed by atoms with Gasteiger partial charge in [-0.2, -0.15) is 0 Å². The van der Waals surface area contributed by atoms with E-state index < -0.39 is 6.03 Å². The molecule has 0 saturated carbocycles. The molecular weight excluding hydrogens is 410 g/mol. The highest BCUT2D eigenvalue weighted by Gasteiger charge is 2.35. The van der Waals surface area contributed by atoms with Gasteiger partial charge < -0.3 is 10.6 Å².